The van der Waals surface area contributed by atoms with E-state index in [1.165, 1.54) is 0 Å². The summed E-state index contributed by atoms with van der Waals surface area (Å²) >= 11 is 0. The van der Waals surface area contributed by atoms with Crippen molar-refractivity contribution in [1.82, 2.24) is 0 Å². The van der Waals surface area contributed by atoms with Crippen LogP contribution in [0.15, 0.2) is 104 Å². The summed E-state index contributed by atoms with van der Waals surface area (Å²) in [5.41, 5.74) is 0.513. The minimum absolute atomic E-state index is 0.0913. The van der Waals surface area contributed by atoms with Crippen molar-refractivity contribution >= 4 is 23.7 Å². The van der Waals surface area contributed by atoms with Crippen LogP contribution in [0, 0.1) is 5.92 Å². The van der Waals surface area contributed by atoms with Crippen LogP contribution in [0.3, 0.4) is 0 Å². The standard InChI is InChI=1S/C25H25O3P/c1-2-12-21(19-28-25(26)22-13-6-3-7-14-22)20-29(27,23-15-8-4-9-16-23)24-17-10-5-11-18-24/h2-11,13-18,21H,1,12,19-20H2/t21-/m1/s1. The lowest BCUT2D eigenvalue weighted by atomic mass is 10.1. The van der Waals surface area contributed by atoms with E-state index in [4.69, 9.17) is 4.74 Å². The number of allylic oxidation sites excluding steroid dienone is 1. The normalized spacial score (nSPS) is 12.1. The first-order valence-electron chi connectivity index (χ1n) is 9.67. The van der Waals surface area contributed by atoms with Gasteiger partial charge in [-0.3, -0.25) is 0 Å². The summed E-state index contributed by atoms with van der Waals surface area (Å²) in [6, 6.07) is 28.0. The smallest absolute Gasteiger partial charge is 0.338 e. The SMILES string of the molecule is C=CC[C@H](COC(=O)c1ccccc1)CP(=O)(c1ccccc1)c1ccccc1. The van der Waals surface area contributed by atoms with Gasteiger partial charge < -0.3 is 9.30 Å². The molecule has 0 saturated carbocycles. The Morgan fingerprint density at radius 2 is 1.34 bits per heavy atom. The van der Waals surface area contributed by atoms with Crippen LogP contribution in [-0.4, -0.2) is 18.7 Å². The van der Waals surface area contributed by atoms with Gasteiger partial charge in [-0.15, -0.1) is 6.58 Å². The summed E-state index contributed by atoms with van der Waals surface area (Å²) in [7, 11) is -2.88. The van der Waals surface area contributed by atoms with E-state index >= 15 is 0 Å². The molecule has 0 saturated heterocycles. The van der Waals surface area contributed by atoms with Crippen molar-refractivity contribution in [3.05, 3.63) is 109 Å². The molecule has 3 rings (SSSR count). The highest BCUT2D eigenvalue weighted by atomic mass is 31.2. The van der Waals surface area contributed by atoms with Crippen molar-refractivity contribution in [3.8, 4) is 0 Å². The van der Waals surface area contributed by atoms with Crippen molar-refractivity contribution in [1.29, 1.82) is 0 Å². The third-order valence-electron chi connectivity index (χ3n) is 4.82. The van der Waals surface area contributed by atoms with Crippen LogP contribution in [0.4, 0.5) is 0 Å². The van der Waals surface area contributed by atoms with Crippen LogP contribution in [-0.2, 0) is 9.30 Å². The van der Waals surface area contributed by atoms with Gasteiger partial charge in [0.2, 0.25) is 0 Å². The minimum atomic E-state index is -2.88. The van der Waals surface area contributed by atoms with Gasteiger partial charge in [0.05, 0.1) is 12.2 Å². The molecule has 0 fully saturated rings. The molecule has 0 N–H and O–H groups in total. The molecule has 3 aromatic rings. The largest absolute Gasteiger partial charge is 0.462 e. The quantitative estimate of drug-likeness (QED) is 0.285. The predicted octanol–water partition coefficient (Wildman–Crippen LogP) is 5.05. The lowest BCUT2D eigenvalue weighted by Crippen LogP contribution is -2.25. The van der Waals surface area contributed by atoms with E-state index in [1.807, 2.05) is 66.7 Å². The fourth-order valence-corrected chi connectivity index (χ4v) is 6.35. The lowest BCUT2D eigenvalue weighted by Gasteiger charge is -2.24. The fraction of sp³-hybridized carbons (Fsp3) is 0.160. The van der Waals surface area contributed by atoms with E-state index in [9.17, 15) is 9.36 Å². The number of carbonyl (C=O) groups excluding carboxylic acids is 1. The van der Waals surface area contributed by atoms with Gasteiger partial charge in [0, 0.05) is 22.7 Å². The summed E-state index contributed by atoms with van der Waals surface area (Å²) in [5.74, 6) is -0.458. The van der Waals surface area contributed by atoms with Gasteiger partial charge in [-0.2, -0.15) is 0 Å². The molecule has 0 heterocycles. The molecule has 29 heavy (non-hydrogen) atoms. The summed E-state index contributed by atoms with van der Waals surface area (Å²) in [6.07, 6.45) is 2.82. The molecule has 3 aromatic carbocycles. The Labute approximate surface area is 172 Å². The molecular formula is C25H25O3P. The molecule has 0 aliphatic carbocycles. The van der Waals surface area contributed by atoms with Gasteiger partial charge in [0.25, 0.3) is 0 Å². The highest BCUT2D eigenvalue weighted by Gasteiger charge is 2.31. The summed E-state index contributed by atoms with van der Waals surface area (Å²) in [5, 5.41) is 1.63. The van der Waals surface area contributed by atoms with E-state index in [1.54, 1.807) is 30.3 Å². The zero-order valence-corrected chi connectivity index (χ0v) is 17.2. The van der Waals surface area contributed by atoms with E-state index in [-0.39, 0.29) is 18.5 Å². The molecule has 0 bridgehead atoms. The van der Waals surface area contributed by atoms with Gasteiger partial charge in [-0.25, -0.2) is 4.79 Å². The maximum absolute atomic E-state index is 14.2. The molecule has 0 unspecified atom stereocenters. The molecule has 0 amide bonds. The Kier molecular flexibility index (Phi) is 7.21. The number of hydrogen-bond donors (Lipinski definition) is 0. The number of hydrogen-bond acceptors (Lipinski definition) is 3. The predicted molar refractivity (Wildman–Crippen MR) is 120 cm³/mol. The number of carbonyl (C=O) groups is 1. The van der Waals surface area contributed by atoms with Crippen LogP contribution in [0.25, 0.3) is 0 Å². The number of ether oxygens (including phenoxy) is 1. The fourth-order valence-electron chi connectivity index (χ4n) is 3.34. The summed E-state index contributed by atoms with van der Waals surface area (Å²) in [6.45, 7) is 4.03. The molecule has 148 valence electrons. The van der Waals surface area contributed by atoms with Gasteiger partial charge in [-0.05, 0) is 18.6 Å². The lowest BCUT2D eigenvalue weighted by molar-refractivity contribution is 0.0452. The van der Waals surface area contributed by atoms with E-state index in [0.717, 1.165) is 10.6 Å². The first kappa shape index (κ1) is 20.8. The van der Waals surface area contributed by atoms with Crippen molar-refractivity contribution in [2.24, 2.45) is 5.92 Å². The molecule has 4 heteroatoms. The number of esters is 1. The highest BCUT2D eigenvalue weighted by molar-refractivity contribution is 7.78. The Bertz CT molecular complexity index is 925. The molecule has 1 atom stereocenters. The zero-order valence-electron chi connectivity index (χ0n) is 16.3. The summed E-state index contributed by atoms with van der Waals surface area (Å²) < 4.78 is 19.8. The van der Waals surface area contributed by atoms with Crippen LogP contribution in [0.5, 0.6) is 0 Å². The van der Waals surface area contributed by atoms with Crippen LogP contribution in [0.1, 0.15) is 16.8 Å². The maximum atomic E-state index is 14.2. The first-order valence-corrected chi connectivity index (χ1v) is 11.6. The number of benzene rings is 3. The summed E-state index contributed by atoms with van der Waals surface area (Å²) in [4.78, 5) is 12.3. The van der Waals surface area contributed by atoms with Gasteiger partial charge >= 0.3 is 5.97 Å². The molecular weight excluding hydrogens is 379 g/mol. The molecule has 0 radical (unpaired) electrons. The Morgan fingerprint density at radius 1 is 0.862 bits per heavy atom. The van der Waals surface area contributed by atoms with Crippen molar-refractivity contribution in [2.45, 2.75) is 6.42 Å². The molecule has 0 aliphatic rings. The van der Waals surface area contributed by atoms with Gasteiger partial charge in [-0.1, -0.05) is 84.9 Å². The average Bonchev–Trinajstić information content (AvgIpc) is 2.79. The van der Waals surface area contributed by atoms with E-state index in [0.29, 0.717) is 18.1 Å². The number of rotatable bonds is 9. The second kappa shape index (κ2) is 10.0. The topological polar surface area (TPSA) is 43.4 Å². The Hall–Kier alpha value is -2.90. The first-order chi connectivity index (χ1) is 14.1. The monoisotopic (exact) mass is 404 g/mol. The maximum Gasteiger partial charge on any atom is 0.338 e. The van der Waals surface area contributed by atoms with Crippen molar-refractivity contribution < 1.29 is 14.1 Å². The molecule has 0 aliphatic heterocycles. The highest BCUT2D eigenvalue weighted by Crippen LogP contribution is 2.45. The second-order valence-corrected chi connectivity index (χ2v) is 9.83. The second-order valence-electron chi connectivity index (χ2n) is 6.95. The van der Waals surface area contributed by atoms with E-state index < -0.39 is 7.14 Å². The van der Waals surface area contributed by atoms with E-state index in [2.05, 4.69) is 6.58 Å². The minimum Gasteiger partial charge on any atom is -0.462 e. The van der Waals surface area contributed by atoms with Gasteiger partial charge in [0.15, 0.2) is 0 Å². The zero-order chi connectivity index (χ0) is 20.5. The van der Waals surface area contributed by atoms with Crippen LogP contribution < -0.4 is 10.6 Å². The van der Waals surface area contributed by atoms with Crippen molar-refractivity contribution in [2.75, 3.05) is 12.8 Å². The third kappa shape index (κ3) is 5.34. The Balaban J connectivity index is 1.83. The third-order valence-corrected chi connectivity index (χ3v) is 8.12. The average molecular weight is 404 g/mol. The Morgan fingerprint density at radius 3 is 1.83 bits per heavy atom. The molecule has 0 spiro atoms. The van der Waals surface area contributed by atoms with Crippen molar-refractivity contribution in [3.63, 3.8) is 0 Å². The molecule has 0 aromatic heterocycles. The van der Waals surface area contributed by atoms with Gasteiger partial charge in [0.1, 0.15) is 7.14 Å². The van der Waals surface area contributed by atoms with Crippen LogP contribution >= 0.6 is 7.14 Å². The molecule has 3 nitrogen and oxygen atoms in total. The van der Waals surface area contributed by atoms with Crippen LogP contribution in [0.2, 0.25) is 0 Å².